The summed E-state index contributed by atoms with van der Waals surface area (Å²) in [5, 5.41) is 1.30. The lowest BCUT2D eigenvalue weighted by molar-refractivity contribution is 0.497. The third kappa shape index (κ3) is 1.92. The molecule has 3 heteroatoms. The Morgan fingerprint density at radius 1 is 1.09 bits per heavy atom. The van der Waals surface area contributed by atoms with Crippen molar-refractivity contribution in [2.75, 3.05) is 28.2 Å². The van der Waals surface area contributed by atoms with Gasteiger partial charge in [0.1, 0.15) is 0 Å². The highest BCUT2D eigenvalue weighted by atomic mass is 28.3. The first-order valence-corrected chi connectivity index (χ1v) is 6.23. The lowest BCUT2D eigenvalue weighted by Gasteiger charge is -2.40. The average molecular weight is 172 g/mol. The molecule has 0 bridgehead atoms. The van der Waals surface area contributed by atoms with Crippen LogP contribution in [0.1, 0.15) is 6.92 Å². The Kier molecular flexibility index (Phi) is 3.48. The molecule has 2 nitrogen and oxygen atoms in total. The van der Waals surface area contributed by atoms with Crippen molar-refractivity contribution in [1.82, 2.24) is 9.13 Å². The molecule has 0 heterocycles. The molecule has 0 aromatic heterocycles. The molecular weight excluding hydrogens is 152 g/mol. The van der Waals surface area contributed by atoms with Gasteiger partial charge in [-0.3, -0.25) is 0 Å². The van der Waals surface area contributed by atoms with E-state index in [1.807, 2.05) is 0 Å². The van der Waals surface area contributed by atoms with E-state index in [4.69, 9.17) is 0 Å². The molecular formula is C8H20N2Si. The SMILES string of the molecule is C=C(C)[Si](C)(N(C)C)N(C)C. The van der Waals surface area contributed by atoms with Crippen LogP contribution in [-0.2, 0) is 0 Å². The van der Waals surface area contributed by atoms with E-state index < -0.39 is 8.40 Å². The summed E-state index contributed by atoms with van der Waals surface area (Å²) in [5.74, 6) is 0. The molecule has 0 saturated heterocycles. The number of allylic oxidation sites excluding steroid dienone is 1. The van der Waals surface area contributed by atoms with E-state index in [9.17, 15) is 0 Å². The zero-order valence-corrected chi connectivity index (χ0v) is 9.60. The van der Waals surface area contributed by atoms with Crippen LogP contribution in [-0.4, -0.2) is 45.7 Å². The second kappa shape index (κ2) is 3.52. The first-order chi connectivity index (χ1) is 4.83. The Hall–Kier alpha value is -0.123. The second-order valence-electron chi connectivity index (χ2n) is 3.59. The molecule has 66 valence electrons. The van der Waals surface area contributed by atoms with E-state index >= 15 is 0 Å². The molecule has 0 rings (SSSR count). The van der Waals surface area contributed by atoms with Crippen LogP contribution in [0.25, 0.3) is 0 Å². The van der Waals surface area contributed by atoms with Crippen LogP contribution in [0.2, 0.25) is 6.55 Å². The van der Waals surface area contributed by atoms with Gasteiger partial charge >= 0.3 is 0 Å². The molecule has 0 aliphatic rings. The number of hydrogen-bond acceptors (Lipinski definition) is 2. The highest BCUT2D eigenvalue weighted by molar-refractivity contribution is 6.79. The van der Waals surface area contributed by atoms with Crippen LogP contribution in [0, 0.1) is 0 Å². The highest BCUT2D eigenvalue weighted by Gasteiger charge is 2.34. The molecule has 0 atom stereocenters. The zero-order chi connectivity index (χ0) is 9.23. The summed E-state index contributed by atoms with van der Waals surface area (Å²) in [7, 11) is 6.99. The van der Waals surface area contributed by atoms with Crippen LogP contribution in [0.5, 0.6) is 0 Å². The zero-order valence-electron chi connectivity index (χ0n) is 8.60. The largest absolute Gasteiger partial charge is 0.314 e. The Morgan fingerprint density at radius 3 is 1.36 bits per heavy atom. The normalized spacial score (nSPS) is 12.7. The monoisotopic (exact) mass is 172 g/mol. The van der Waals surface area contributed by atoms with Gasteiger partial charge in [-0.1, -0.05) is 5.20 Å². The van der Waals surface area contributed by atoms with Crippen LogP contribution in [0.3, 0.4) is 0 Å². The molecule has 0 fully saturated rings. The van der Waals surface area contributed by atoms with Gasteiger partial charge in [-0.05, 0) is 41.7 Å². The minimum atomic E-state index is -1.51. The maximum atomic E-state index is 4.05. The van der Waals surface area contributed by atoms with Gasteiger partial charge in [0.25, 0.3) is 0 Å². The maximum Gasteiger partial charge on any atom is 0.230 e. The summed E-state index contributed by atoms with van der Waals surface area (Å²) >= 11 is 0. The van der Waals surface area contributed by atoms with Crippen molar-refractivity contribution in [3.63, 3.8) is 0 Å². The fourth-order valence-corrected chi connectivity index (χ4v) is 3.49. The van der Waals surface area contributed by atoms with E-state index in [1.165, 1.54) is 5.20 Å². The first-order valence-electron chi connectivity index (χ1n) is 3.84. The van der Waals surface area contributed by atoms with Crippen molar-refractivity contribution in [3.05, 3.63) is 11.8 Å². The Balaban J connectivity index is 4.67. The van der Waals surface area contributed by atoms with Crippen molar-refractivity contribution in [2.24, 2.45) is 0 Å². The molecule has 0 spiro atoms. The standard InChI is InChI=1S/C8H20N2Si/c1-8(2)11(7,9(3)4)10(5)6/h1H2,2-7H3. The van der Waals surface area contributed by atoms with E-state index in [-0.39, 0.29) is 0 Å². The van der Waals surface area contributed by atoms with Crippen molar-refractivity contribution in [1.29, 1.82) is 0 Å². The van der Waals surface area contributed by atoms with Gasteiger partial charge in [0.15, 0.2) is 0 Å². The summed E-state index contributed by atoms with van der Waals surface area (Å²) in [6.07, 6.45) is 0. The summed E-state index contributed by atoms with van der Waals surface area (Å²) in [4.78, 5) is 0. The predicted molar refractivity (Wildman–Crippen MR) is 53.8 cm³/mol. The van der Waals surface area contributed by atoms with Gasteiger partial charge in [-0.15, -0.1) is 6.58 Å². The molecule has 0 amide bonds. The maximum absolute atomic E-state index is 4.05. The van der Waals surface area contributed by atoms with Crippen LogP contribution >= 0.6 is 0 Å². The molecule has 0 aliphatic heterocycles. The number of hydrogen-bond donors (Lipinski definition) is 0. The minimum Gasteiger partial charge on any atom is -0.314 e. The van der Waals surface area contributed by atoms with E-state index in [0.717, 1.165) is 0 Å². The molecule has 11 heavy (non-hydrogen) atoms. The van der Waals surface area contributed by atoms with Gasteiger partial charge in [0, 0.05) is 0 Å². The van der Waals surface area contributed by atoms with Crippen molar-refractivity contribution in [2.45, 2.75) is 13.5 Å². The predicted octanol–water partition coefficient (Wildman–Crippen LogP) is 1.30. The Labute approximate surface area is 71.7 Å². The molecule has 0 aromatic rings. The minimum absolute atomic E-state index is 1.30. The van der Waals surface area contributed by atoms with E-state index in [0.29, 0.717) is 0 Å². The lowest BCUT2D eigenvalue weighted by atomic mass is 10.8. The summed E-state index contributed by atoms with van der Waals surface area (Å²) < 4.78 is 4.60. The van der Waals surface area contributed by atoms with Gasteiger partial charge in [-0.25, -0.2) is 0 Å². The summed E-state index contributed by atoms with van der Waals surface area (Å²) in [6.45, 7) is 8.47. The van der Waals surface area contributed by atoms with Crippen molar-refractivity contribution >= 4 is 8.40 Å². The fraction of sp³-hybridized carbons (Fsp3) is 0.750. The molecule has 0 N–H and O–H groups in total. The van der Waals surface area contributed by atoms with Crippen molar-refractivity contribution < 1.29 is 0 Å². The van der Waals surface area contributed by atoms with Crippen molar-refractivity contribution in [3.8, 4) is 0 Å². The number of nitrogens with zero attached hydrogens (tertiary/aromatic N) is 2. The Bertz CT molecular complexity index is 144. The third-order valence-corrected chi connectivity index (χ3v) is 7.65. The van der Waals surface area contributed by atoms with E-state index in [2.05, 4.69) is 57.4 Å². The second-order valence-corrected chi connectivity index (χ2v) is 8.27. The molecule has 0 aliphatic carbocycles. The molecule has 0 radical (unpaired) electrons. The van der Waals surface area contributed by atoms with Crippen LogP contribution in [0.4, 0.5) is 0 Å². The summed E-state index contributed by atoms with van der Waals surface area (Å²) in [5.41, 5.74) is 0. The third-order valence-electron chi connectivity index (χ3n) is 2.55. The average Bonchev–Trinajstić information content (AvgIpc) is 1.84. The van der Waals surface area contributed by atoms with Crippen LogP contribution < -0.4 is 0 Å². The Morgan fingerprint density at radius 2 is 1.36 bits per heavy atom. The summed E-state index contributed by atoms with van der Waals surface area (Å²) in [6, 6.07) is 0. The van der Waals surface area contributed by atoms with Gasteiger partial charge in [0.05, 0.1) is 0 Å². The smallest absolute Gasteiger partial charge is 0.230 e. The van der Waals surface area contributed by atoms with Gasteiger partial charge < -0.3 is 9.13 Å². The quantitative estimate of drug-likeness (QED) is 0.592. The molecule has 0 unspecified atom stereocenters. The molecule has 0 aromatic carbocycles. The number of rotatable bonds is 3. The van der Waals surface area contributed by atoms with Gasteiger partial charge in [-0.2, -0.15) is 0 Å². The van der Waals surface area contributed by atoms with E-state index in [1.54, 1.807) is 0 Å². The topological polar surface area (TPSA) is 6.48 Å². The highest BCUT2D eigenvalue weighted by Crippen LogP contribution is 2.16. The van der Waals surface area contributed by atoms with Gasteiger partial charge in [0.2, 0.25) is 8.40 Å². The fourth-order valence-electron chi connectivity index (χ4n) is 1.16. The molecule has 0 saturated carbocycles. The van der Waals surface area contributed by atoms with Crippen LogP contribution in [0.15, 0.2) is 11.8 Å². The lowest BCUT2D eigenvalue weighted by Crippen LogP contribution is -2.59. The first kappa shape index (κ1) is 10.9.